The topological polar surface area (TPSA) is 94.3 Å². The number of ether oxygens (including phenoxy) is 1. The molecule has 8 heteroatoms. The molecule has 0 radical (unpaired) electrons. The molecule has 0 spiro atoms. The normalized spacial score (nSPS) is 11.1. The summed E-state index contributed by atoms with van der Waals surface area (Å²) in [6.07, 6.45) is 1.41. The standard InChI is InChI=1S/C12H12BrN3O3S/c1-19-10-6-8(14)2-4-11(10)20(17,18)16-9-3-5-12(13)15-7-9/h2-7,16H,14H2,1H3. The van der Waals surface area contributed by atoms with E-state index in [2.05, 4.69) is 25.6 Å². The van der Waals surface area contributed by atoms with Crippen LogP contribution < -0.4 is 15.2 Å². The summed E-state index contributed by atoms with van der Waals surface area (Å²) >= 11 is 3.18. The van der Waals surface area contributed by atoms with E-state index in [1.165, 1.54) is 31.5 Å². The summed E-state index contributed by atoms with van der Waals surface area (Å²) in [6, 6.07) is 7.57. The maximum atomic E-state index is 12.3. The Morgan fingerprint density at radius 2 is 2.05 bits per heavy atom. The predicted octanol–water partition coefficient (Wildman–Crippen LogP) is 2.24. The monoisotopic (exact) mass is 357 g/mol. The molecule has 0 fully saturated rings. The Morgan fingerprint density at radius 3 is 2.65 bits per heavy atom. The number of benzene rings is 1. The molecule has 0 aliphatic rings. The van der Waals surface area contributed by atoms with E-state index in [4.69, 9.17) is 10.5 Å². The van der Waals surface area contributed by atoms with Crippen LogP contribution in [0.1, 0.15) is 0 Å². The number of aromatic nitrogens is 1. The summed E-state index contributed by atoms with van der Waals surface area (Å²) in [5.41, 5.74) is 6.38. The molecule has 1 aromatic heterocycles. The number of halogens is 1. The number of nitrogen functional groups attached to an aromatic ring is 1. The summed E-state index contributed by atoms with van der Waals surface area (Å²) in [5, 5.41) is 0. The van der Waals surface area contributed by atoms with E-state index >= 15 is 0 Å². The smallest absolute Gasteiger partial charge is 0.265 e. The number of anilines is 2. The average molecular weight is 358 g/mol. The molecule has 2 rings (SSSR count). The maximum absolute atomic E-state index is 12.3. The van der Waals surface area contributed by atoms with Gasteiger partial charge in [-0.25, -0.2) is 13.4 Å². The fourth-order valence-corrected chi connectivity index (χ4v) is 2.98. The van der Waals surface area contributed by atoms with Gasteiger partial charge in [0.05, 0.1) is 19.0 Å². The zero-order valence-corrected chi connectivity index (χ0v) is 12.9. The van der Waals surface area contributed by atoms with Crippen LogP contribution in [0.25, 0.3) is 0 Å². The second-order valence-electron chi connectivity index (χ2n) is 3.89. The van der Waals surface area contributed by atoms with Crippen molar-refractivity contribution in [1.29, 1.82) is 0 Å². The molecule has 0 aliphatic carbocycles. The molecule has 0 unspecified atom stereocenters. The van der Waals surface area contributed by atoms with Crippen molar-refractivity contribution in [1.82, 2.24) is 4.98 Å². The van der Waals surface area contributed by atoms with Crippen molar-refractivity contribution in [3.63, 3.8) is 0 Å². The fourth-order valence-electron chi connectivity index (χ4n) is 1.55. The van der Waals surface area contributed by atoms with Gasteiger partial charge in [0.25, 0.3) is 10.0 Å². The zero-order chi connectivity index (χ0) is 14.8. The van der Waals surface area contributed by atoms with Crippen LogP contribution >= 0.6 is 15.9 Å². The summed E-state index contributed by atoms with van der Waals surface area (Å²) < 4.78 is 32.7. The Balaban J connectivity index is 2.38. The Hall–Kier alpha value is -1.80. The molecule has 0 amide bonds. The lowest BCUT2D eigenvalue weighted by Crippen LogP contribution is -2.14. The van der Waals surface area contributed by atoms with E-state index in [9.17, 15) is 8.42 Å². The van der Waals surface area contributed by atoms with Crippen molar-refractivity contribution in [2.45, 2.75) is 4.90 Å². The second kappa shape index (κ2) is 5.68. The highest BCUT2D eigenvalue weighted by molar-refractivity contribution is 9.10. The number of methoxy groups -OCH3 is 1. The molecule has 20 heavy (non-hydrogen) atoms. The number of hydrogen-bond donors (Lipinski definition) is 2. The fraction of sp³-hybridized carbons (Fsp3) is 0.0833. The summed E-state index contributed by atoms with van der Waals surface area (Å²) in [5.74, 6) is 0.183. The first kappa shape index (κ1) is 14.6. The third-order valence-electron chi connectivity index (χ3n) is 2.46. The van der Waals surface area contributed by atoms with E-state index in [1.54, 1.807) is 12.1 Å². The molecular formula is C12H12BrN3O3S. The van der Waals surface area contributed by atoms with E-state index < -0.39 is 10.0 Å². The lowest BCUT2D eigenvalue weighted by molar-refractivity contribution is 0.403. The van der Waals surface area contributed by atoms with Crippen molar-refractivity contribution in [3.05, 3.63) is 41.1 Å². The van der Waals surface area contributed by atoms with Crippen LogP contribution in [0, 0.1) is 0 Å². The first-order chi connectivity index (χ1) is 9.42. The molecule has 2 aromatic rings. The highest BCUT2D eigenvalue weighted by Crippen LogP contribution is 2.27. The zero-order valence-electron chi connectivity index (χ0n) is 10.5. The molecule has 3 N–H and O–H groups in total. The first-order valence-corrected chi connectivity index (χ1v) is 7.78. The Labute approximate surface area is 125 Å². The maximum Gasteiger partial charge on any atom is 0.265 e. The largest absolute Gasteiger partial charge is 0.495 e. The van der Waals surface area contributed by atoms with Crippen LogP contribution in [0.4, 0.5) is 11.4 Å². The molecule has 1 aromatic carbocycles. The summed E-state index contributed by atoms with van der Waals surface area (Å²) in [7, 11) is -2.39. The number of nitrogens with zero attached hydrogens (tertiary/aromatic N) is 1. The minimum atomic E-state index is -3.77. The Morgan fingerprint density at radius 1 is 1.30 bits per heavy atom. The number of sulfonamides is 1. The van der Waals surface area contributed by atoms with Crippen LogP contribution in [0.5, 0.6) is 5.75 Å². The molecule has 0 atom stereocenters. The number of nitrogens with one attached hydrogen (secondary N) is 1. The lowest BCUT2D eigenvalue weighted by Gasteiger charge is -2.11. The lowest BCUT2D eigenvalue weighted by atomic mass is 10.3. The van der Waals surface area contributed by atoms with E-state index in [0.717, 1.165) is 0 Å². The van der Waals surface area contributed by atoms with E-state index in [0.29, 0.717) is 16.0 Å². The average Bonchev–Trinajstić information content (AvgIpc) is 2.40. The van der Waals surface area contributed by atoms with Crippen molar-refractivity contribution in [2.24, 2.45) is 0 Å². The van der Waals surface area contributed by atoms with Crippen molar-refractivity contribution in [3.8, 4) is 5.75 Å². The van der Waals surface area contributed by atoms with Gasteiger partial charge in [-0.05, 0) is 40.2 Å². The van der Waals surface area contributed by atoms with Crippen molar-refractivity contribution < 1.29 is 13.2 Å². The molecule has 106 valence electrons. The van der Waals surface area contributed by atoms with Gasteiger partial charge in [0.15, 0.2) is 0 Å². The van der Waals surface area contributed by atoms with Gasteiger partial charge in [0.2, 0.25) is 0 Å². The molecule has 0 aliphatic heterocycles. The number of nitrogens with two attached hydrogens (primary N) is 1. The van der Waals surface area contributed by atoms with Gasteiger partial charge in [0.1, 0.15) is 15.2 Å². The quantitative estimate of drug-likeness (QED) is 0.646. The number of pyridine rings is 1. The minimum absolute atomic E-state index is 0.0112. The van der Waals surface area contributed by atoms with Gasteiger partial charge in [-0.3, -0.25) is 4.72 Å². The van der Waals surface area contributed by atoms with Gasteiger partial charge in [-0.1, -0.05) is 0 Å². The second-order valence-corrected chi connectivity index (χ2v) is 6.35. The SMILES string of the molecule is COc1cc(N)ccc1S(=O)(=O)Nc1ccc(Br)nc1. The predicted molar refractivity (Wildman–Crippen MR) is 80.2 cm³/mol. The van der Waals surface area contributed by atoms with Crippen LogP contribution in [0.2, 0.25) is 0 Å². The molecule has 1 heterocycles. The summed E-state index contributed by atoms with van der Waals surface area (Å²) in [6.45, 7) is 0. The van der Waals surface area contributed by atoms with Gasteiger partial charge in [-0.2, -0.15) is 0 Å². The van der Waals surface area contributed by atoms with Gasteiger partial charge in [-0.15, -0.1) is 0 Å². The number of hydrogen-bond acceptors (Lipinski definition) is 5. The molecule has 0 saturated carbocycles. The Bertz CT molecular complexity index is 717. The van der Waals surface area contributed by atoms with E-state index in [1.807, 2.05) is 0 Å². The molecule has 0 bridgehead atoms. The van der Waals surface area contributed by atoms with Crippen LogP contribution in [0.15, 0.2) is 46.0 Å². The van der Waals surface area contributed by atoms with Gasteiger partial charge >= 0.3 is 0 Å². The highest BCUT2D eigenvalue weighted by atomic mass is 79.9. The van der Waals surface area contributed by atoms with Gasteiger partial charge in [0, 0.05) is 11.8 Å². The minimum Gasteiger partial charge on any atom is -0.495 e. The highest BCUT2D eigenvalue weighted by Gasteiger charge is 2.19. The van der Waals surface area contributed by atoms with Crippen LogP contribution in [0.3, 0.4) is 0 Å². The van der Waals surface area contributed by atoms with Crippen LogP contribution in [-0.4, -0.2) is 20.5 Å². The third-order valence-corrected chi connectivity index (χ3v) is 4.35. The first-order valence-electron chi connectivity index (χ1n) is 5.50. The molecular weight excluding hydrogens is 346 g/mol. The molecule has 0 saturated heterocycles. The number of rotatable bonds is 4. The Kier molecular flexibility index (Phi) is 4.15. The van der Waals surface area contributed by atoms with Crippen molar-refractivity contribution >= 4 is 37.3 Å². The summed E-state index contributed by atoms with van der Waals surface area (Å²) in [4.78, 5) is 3.96. The van der Waals surface area contributed by atoms with Gasteiger partial charge < -0.3 is 10.5 Å². The van der Waals surface area contributed by atoms with Crippen LogP contribution in [-0.2, 0) is 10.0 Å². The molecule has 6 nitrogen and oxygen atoms in total. The van der Waals surface area contributed by atoms with Crippen molar-refractivity contribution in [2.75, 3.05) is 17.6 Å². The van der Waals surface area contributed by atoms with E-state index in [-0.39, 0.29) is 10.6 Å². The third kappa shape index (κ3) is 3.20.